The summed E-state index contributed by atoms with van der Waals surface area (Å²) in [6, 6.07) is 6.00. The number of amides is 2. The Morgan fingerprint density at radius 2 is 2.24 bits per heavy atom. The van der Waals surface area contributed by atoms with Crippen LogP contribution in [0.2, 0.25) is 0 Å². The number of hydrogen-bond donors (Lipinski definition) is 2. The maximum Gasteiger partial charge on any atom is 0.315 e. The van der Waals surface area contributed by atoms with Crippen molar-refractivity contribution >= 4 is 6.03 Å². The molecule has 2 amide bonds. The molecule has 116 valence electrons. The smallest absolute Gasteiger partial charge is 0.315 e. The minimum absolute atomic E-state index is 0.219. The van der Waals surface area contributed by atoms with E-state index in [9.17, 15) is 9.18 Å². The fraction of sp³-hybridized carbons (Fsp3) is 0.562. The lowest BCUT2D eigenvalue weighted by atomic mass is 10.0. The van der Waals surface area contributed by atoms with Crippen molar-refractivity contribution in [2.75, 3.05) is 13.2 Å². The van der Waals surface area contributed by atoms with Crippen LogP contribution in [0.25, 0.3) is 0 Å². The highest BCUT2D eigenvalue weighted by molar-refractivity contribution is 5.73. The number of hydrogen-bond acceptors (Lipinski definition) is 2. The fourth-order valence-electron chi connectivity index (χ4n) is 2.46. The third kappa shape index (κ3) is 6.12. The SMILES string of the molecule is O=C(NCCCC1CCCCO1)NCc1cccc(F)c1. The number of carbonyl (C=O) groups is 1. The second-order valence-electron chi connectivity index (χ2n) is 5.37. The first-order chi connectivity index (χ1) is 10.2. The van der Waals surface area contributed by atoms with Crippen molar-refractivity contribution in [1.82, 2.24) is 10.6 Å². The summed E-state index contributed by atoms with van der Waals surface area (Å²) in [6.07, 6.45) is 5.80. The standard InChI is InChI=1S/C16H23FN2O2/c17-14-6-3-5-13(11-14)12-19-16(20)18-9-4-8-15-7-1-2-10-21-15/h3,5-6,11,15H,1-2,4,7-10,12H2,(H2,18,19,20). The van der Waals surface area contributed by atoms with Crippen LogP contribution < -0.4 is 10.6 Å². The number of nitrogens with one attached hydrogen (secondary N) is 2. The van der Waals surface area contributed by atoms with Crippen molar-refractivity contribution in [3.05, 3.63) is 35.6 Å². The first kappa shape index (κ1) is 15.8. The highest BCUT2D eigenvalue weighted by Gasteiger charge is 2.13. The molecule has 1 aliphatic heterocycles. The first-order valence-electron chi connectivity index (χ1n) is 7.62. The summed E-state index contributed by atoms with van der Waals surface area (Å²) in [7, 11) is 0. The molecule has 0 bridgehead atoms. The van der Waals surface area contributed by atoms with Crippen molar-refractivity contribution in [2.24, 2.45) is 0 Å². The monoisotopic (exact) mass is 294 g/mol. The van der Waals surface area contributed by atoms with Gasteiger partial charge in [0.1, 0.15) is 5.82 Å². The number of urea groups is 1. The lowest BCUT2D eigenvalue weighted by Gasteiger charge is -2.22. The van der Waals surface area contributed by atoms with Crippen LogP contribution in [-0.2, 0) is 11.3 Å². The number of halogens is 1. The van der Waals surface area contributed by atoms with E-state index in [2.05, 4.69) is 10.6 Å². The molecule has 0 spiro atoms. The molecule has 0 aromatic heterocycles. The van der Waals surface area contributed by atoms with Gasteiger partial charge >= 0.3 is 6.03 Å². The lowest BCUT2D eigenvalue weighted by Crippen LogP contribution is -2.36. The molecule has 0 aliphatic carbocycles. The van der Waals surface area contributed by atoms with E-state index >= 15 is 0 Å². The van der Waals surface area contributed by atoms with Crippen LogP contribution in [0.15, 0.2) is 24.3 Å². The number of rotatable bonds is 6. The van der Waals surface area contributed by atoms with E-state index in [1.165, 1.54) is 18.6 Å². The molecular formula is C16H23FN2O2. The average Bonchev–Trinajstić information content (AvgIpc) is 2.51. The second kappa shape index (κ2) is 8.62. The van der Waals surface area contributed by atoms with E-state index in [4.69, 9.17) is 4.74 Å². The molecule has 1 heterocycles. The number of benzene rings is 1. The average molecular weight is 294 g/mol. The molecule has 1 aromatic rings. The van der Waals surface area contributed by atoms with E-state index in [1.807, 2.05) is 0 Å². The van der Waals surface area contributed by atoms with Gasteiger partial charge in [-0.1, -0.05) is 12.1 Å². The number of carbonyl (C=O) groups excluding carboxylic acids is 1. The van der Waals surface area contributed by atoms with Crippen molar-refractivity contribution in [3.8, 4) is 0 Å². The van der Waals surface area contributed by atoms with E-state index in [1.54, 1.807) is 12.1 Å². The first-order valence-corrected chi connectivity index (χ1v) is 7.62. The fourth-order valence-corrected chi connectivity index (χ4v) is 2.46. The molecule has 0 radical (unpaired) electrons. The van der Waals surface area contributed by atoms with Crippen molar-refractivity contribution in [1.29, 1.82) is 0 Å². The van der Waals surface area contributed by atoms with Gasteiger partial charge in [0.2, 0.25) is 0 Å². The Morgan fingerprint density at radius 1 is 1.33 bits per heavy atom. The molecule has 21 heavy (non-hydrogen) atoms. The molecule has 2 N–H and O–H groups in total. The normalized spacial score (nSPS) is 18.2. The van der Waals surface area contributed by atoms with Crippen molar-refractivity contribution in [3.63, 3.8) is 0 Å². The highest BCUT2D eigenvalue weighted by Crippen LogP contribution is 2.16. The lowest BCUT2D eigenvalue weighted by molar-refractivity contribution is 0.0103. The zero-order valence-electron chi connectivity index (χ0n) is 12.2. The summed E-state index contributed by atoms with van der Waals surface area (Å²) in [4.78, 5) is 11.6. The van der Waals surface area contributed by atoms with Gasteiger partial charge in [-0.15, -0.1) is 0 Å². The van der Waals surface area contributed by atoms with E-state index < -0.39 is 0 Å². The van der Waals surface area contributed by atoms with Crippen LogP contribution in [0.5, 0.6) is 0 Å². The van der Waals surface area contributed by atoms with Crippen molar-refractivity contribution < 1.29 is 13.9 Å². The van der Waals surface area contributed by atoms with Gasteiger partial charge < -0.3 is 15.4 Å². The zero-order chi connectivity index (χ0) is 14.9. The Balaban J connectivity index is 1.55. The van der Waals surface area contributed by atoms with Gasteiger partial charge in [-0.05, 0) is 49.8 Å². The van der Waals surface area contributed by atoms with E-state index in [0.29, 0.717) is 19.2 Å². The van der Waals surface area contributed by atoms with Gasteiger partial charge in [0.05, 0.1) is 6.10 Å². The van der Waals surface area contributed by atoms with Gasteiger partial charge in [0.15, 0.2) is 0 Å². The predicted octanol–water partition coefficient (Wildman–Crippen LogP) is 2.97. The Labute approximate surface area is 125 Å². The van der Waals surface area contributed by atoms with Gasteiger partial charge in [-0.2, -0.15) is 0 Å². The Hall–Kier alpha value is -1.62. The Kier molecular flexibility index (Phi) is 6.47. The second-order valence-corrected chi connectivity index (χ2v) is 5.37. The summed E-state index contributed by atoms with van der Waals surface area (Å²) in [5, 5.41) is 5.52. The highest BCUT2D eigenvalue weighted by atomic mass is 19.1. The third-order valence-electron chi connectivity index (χ3n) is 3.60. The largest absolute Gasteiger partial charge is 0.378 e. The Morgan fingerprint density at radius 3 is 3.00 bits per heavy atom. The molecule has 1 saturated heterocycles. The molecular weight excluding hydrogens is 271 g/mol. The summed E-state index contributed by atoms with van der Waals surface area (Å²) in [5.41, 5.74) is 0.751. The van der Waals surface area contributed by atoms with Gasteiger partial charge in [0, 0.05) is 19.7 Å². The molecule has 1 aromatic carbocycles. The minimum atomic E-state index is -0.290. The zero-order valence-corrected chi connectivity index (χ0v) is 12.2. The van der Waals surface area contributed by atoms with Crippen LogP contribution in [-0.4, -0.2) is 25.3 Å². The molecule has 2 rings (SSSR count). The summed E-state index contributed by atoms with van der Waals surface area (Å²) in [5.74, 6) is -0.290. The van der Waals surface area contributed by atoms with Crippen LogP contribution in [0.1, 0.15) is 37.7 Å². The quantitative estimate of drug-likeness (QED) is 0.793. The summed E-state index contributed by atoms with van der Waals surface area (Å²) >= 11 is 0. The minimum Gasteiger partial charge on any atom is -0.378 e. The molecule has 5 heteroatoms. The van der Waals surface area contributed by atoms with Crippen LogP contribution in [0.4, 0.5) is 9.18 Å². The number of ether oxygens (including phenoxy) is 1. The van der Waals surface area contributed by atoms with Gasteiger partial charge in [0.25, 0.3) is 0 Å². The summed E-state index contributed by atoms with van der Waals surface area (Å²) in [6.45, 7) is 1.83. The molecule has 1 atom stereocenters. The van der Waals surface area contributed by atoms with Gasteiger partial charge in [-0.25, -0.2) is 9.18 Å². The summed E-state index contributed by atoms with van der Waals surface area (Å²) < 4.78 is 18.6. The van der Waals surface area contributed by atoms with Crippen molar-refractivity contribution in [2.45, 2.75) is 44.8 Å². The topological polar surface area (TPSA) is 50.4 Å². The van der Waals surface area contributed by atoms with E-state index in [0.717, 1.165) is 37.9 Å². The van der Waals surface area contributed by atoms with Crippen LogP contribution >= 0.6 is 0 Å². The third-order valence-corrected chi connectivity index (χ3v) is 3.60. The van der Waals surface area contributed by atoms with Crippen LogP contribution in [0, 0.1) is 5.82 Å². The maximum absolute atomic E-state index is 13.0. The predicted molar refractivity (Wildman–Crippen MR) is 79.5 cm³/mol. The van der Waals surface area contributed by atoms with E-state index in [-0.39, 0.29) is 11.8 Å². The van der Waals surface area contributed by atoms with Gasteiger partial charge in [-0.3, -0.25) is 0 Å². The van der Waals surface area contributed by atoms with Crippen LogP contribution in [0.3, 0.4) is 0 Å². The molecule has 1 fully saturated rings. The molecule has 1 unspecified atom stereocenters. The molecule has 1 aliphatic rings. The molecule has 0 saturated carbocycles. The Bertz CT molecular complexity index is 448. The molecule has 4 nitrogen and oxygen atoms in total. The maximum atomic E-state index is 13.0.